The molecule has 29 heavy (non-hydrogen) atoms. The molecule has 3 rings (SSSR count). The van der Waals surface area contributed by atoms with Crippen LogP contribution in [0, 0.1) is 0 Å². The summed E-state index contributed by atoms with van der Waals surface area (Å²) in [6.45, 7) is 6.62. The second kappa shape index (κ2) is 9.45. The fourth-order valence-corrected chi connectivity index (χ4v) is 2.65. The molecule has 1 heterocycles. The molecule has 0 radical (unpaired) electrons. The molecule has 0 saturated carbocycles. The van der Waals surface area contributed by atoms with Crippen molar-refractivity contribution in [3.8, 4) is 6.01 Å². The fourth-order valence-electron chi connectivity index (χ4n) is 2.65. The van der Waals surface area contributed by atoms with Gasteiger partial charge < -0.3 is 15.2 Å². The van der Waals surface area contributed by atoms with Crippen molar-refractivity contribution in [3.63, 3.8) is 0 Å². The summed E-state index contributed by atoms with van der Waals surface area (Å²) in [4.78, 5) is 24.1. The molecule has 148 valence electrons. The Balaban J connectivity index is 1.75. The first-order valence-electron chi connectivity index (χ1n) is 9.22. The van der Waals surface area contributed by atoms with E-state index in [0.29, 0.717) is 31.3 Å². The second-order valence-electron chi connectivity index (χ2n) is 6.27. The van der Waals surface area contributed by atoms with Crippen molar-refractivity contribution >= 4 is 18.0 Å². The highest BCUT2D eigenvalue weighted by atomic mass is 16.5. The number of ether oxygens (including phenoxy) is 1. The van der Waals surface area contributed by atoms with Gasteiger partial charge in [0.05, 0.1) is 12.2 Å². The van der Waals surface area contributed by atoms with Gasteiger partial charge in [-0.1, -0.05) is 49.1 Å². The molecule has 2 N–H and O–H groups in total. The minimum Gasteiger partial charge on any atom is -0.478 e. The van der Waals surface area contributed by atoms with Crippen LogP contribution in [0.4, 0.5) is 5.95 Å². The van der Waals surface area contributed by atoms with Crippen LogP contribution < -0.4 is 10.1 Å². The maximum absolute atomic E-state index is 11.0. The molecule has 2 aromatic carbocycles. The summed E-state index contributed by atoms with van der Waals surface area (Å²) in [6.07, 6.45) is 2.23. The van der Waals surface area contributed by atoms with Crippen molar-refractivity contribution in [3.05, 3.63) is 83.2 Å². The van der Waals surface area contributed by atoms with E-state index in [9.17, 15) is 4.79 Å². The third-order valence-corrected chi connectivity index (χ3v) is 4.16. The van der Waals surface area contributed by atoms with Crippen LogP contribution in [-0.2, 0) is 13.0 Å². The number of anilines is 1. The van der Waals surface area contributed by atoms with E-state index in [1.54, 1.807) is 30.3 Å². The van der Waals surface area contributed by atoms with E-state index >= 15 is 0 Å². The summed E-state index contributed by atoms with van der Waals surface area (Å²) in [5.74, 6) is 0.00684. The molecule has 0 unspecified atom stereocenters. The highest BCUT2D eigenvalue weighted by Crippen LogP contribution is 2.14. The van der Waals surface area contributed by atoms with Crippen LogP contribution in [0.1, 0.15) is 39.8 Å². The lowest BCUT2D eigenvalue weighted by atomic mass is 10.1. The van der Waals surface area contributed by atoms with Crippen LogP contribution in [0.5, 0.6) is 6.01 Å². The zero-order valence-electron chi connectivity index (χ0n) is 16.1. The van der Waals surface area contributed by atoms with E-state index in [2.05, 4.69) is 26.8 Å². The highest BCUT2D eigenvalue weighted by molar-refractivity contribution is 5.87. The van der Waals surface area contributed by atoms with Crippen LogP contribution >= 0.6 is 0 Å². The number of hydrogen-bond acceptors (Lipinski definition) is 6. The van der Waals surface area contributed by atoms with Gasteiger partial charge in [0.25, 0.3) is 0 Å². The number of aromatic carboxylic acids is 1. The van der Waals surface area contributed by atoms with Gasteiger partial charge in [0.15, 0.2) is 0 Å². The normalized spacial score (nSPS) is 10.4. The summed E-state index contributed by atoms with van der Waals surface area (Å²) in [5.41, 5.74) is 3.28. The number of aromatic nitrogens is 3. The molecule has 7 nitrogen and oxygen atoms in total. The third kappa shape index (κ3) is 5.62. The standard InChI is InChI=1S/C22H22N4O3/c1-3-15-5-7-17(8-6-15)14-23-21-24-19(25-22(26-21)29-4-2)13-16-9-11-18(12-10-16)20(27)28/h3,5-12H,1,4,13-14H2,2H3,(H,27,28)(H,23,24,25,26). The molecular weight excluding hydrogens is 368 g/mol. The maximum Gasteiger partial charge on any atom is 0.335 e. The van der Waals surface area contributed by atoms with Crippen molar-refractivity contribution in [1.82, 2.24) is 15.0 Å². The van der Waals surface area contributed by atoms with Crippen molar-refractivity contribution < 1.29 is 14.6 Å². The van der Waals surface area contributed by atoms with Crippen molar-refractivity contribution in [1.29, 1.82) is 0 Å². The van der Waals surface area contributed by atoms with Gasteiger partial charge in [-0.2, -0.15) is 15.0 Å². The van der Waals surface area contributed by atoms with Crippen LogP contribution in [-0.4, -0.2) is 32.6 Å². The third-order valence-electron chi connectivity index (χ3n) is 4.16. The average molecular weight is 390 g/mol. The Morgan fingerprint density at radius 1 is 1.07 bits per heavy atom. The summed E-state index contributed by atoms with van der Waals surface area (Å²) in [6, 6.07) is 14.9. The number of carboxylic acid groups (broad SMARTS) is 1. The Bertz CT molecular complexity index is 986. The molecule has 0 aliphatic rings. The first-order chi connectivity index (χ1) is 14.1. The first-order valence-corrected chi connectivity index (χ1v) is 9.22. The first kappa shape index (κ1) is 20.0. The van der Waals surface area contributed by atoms with Crippen LogP contribution in [0.15, 0.2) is 55.1 Å². The number of rotatable bonds is 9. The Morgan fingerprint density at radius 2 is 1.76 bits per heavy atom. The number of carboxylic acids is 1. The van der Waals surface area contributed by atoms with Crippen molar-refractivity contribution in [2.75, 3.05) is 11.9 Å². The van der Waals surface area contributed by atoms with Gasteiger partial charge in [-0.05, 0) is 35.7 Å². The lowest BCUT2D eigenvalue weighted by molar-refractivity contribution is 0.0697. The Hall–Kier alpha value is -3.74. The molecule has 0 bridgehead atoms. The number of carbonyl (C=O) groups is 1. The minimum absolute atomic E-state index is 0.240. The Morgan fingerprint density at radius 3 is 2.38 bits per heavy atom. The molecular formula is C22H22N4O3. The molecule has 3 aromatic rings. The van der Waals surface area contributed by atoms with Gasteiger partial charge in [-0.3, -0.25) is 0 Å². The maximum atomic E-state index is 11.0. The van der Waals surface area contributed by atoms with Gasteiger partial charge in [0.1, 0.15) is 5.82 Å². The molecule has 0 aliphatic carbocycles. The topological polar surface area (TPSA) is 97.2 Å². The summed E-state index contributed by atoms with van der Waals surface area (Å²) < 4.78 is 5.47. The minimum atomic E-state index is -0.956. The van der Waals surface area contributed by atoms with E-state index in [1.807, 2.05) is 31.2 Å². The largest absolute Gasteiger partial charge is 0.478 e. The van der Waals surface area contributed by atoms with Crippen molar-refractivity contribution in [2.24, 2.45) is 0 Å². The molecule has 0 saturated heterocycles. The van der Waals surface area contributed by atoms with Gasteiger partial charge in [0.2, 0.25) is 5.95 Å². The van der Waals surface area contributed by atoms with E-state index in [1.165, 1.54) is 0 Å². The van der Waals surface area contributed by atoms with Crippen LogP contribution in [0.25, 0.3) is 6.08 Å². The molecule has 0 fully saturated rings. The summed E-state index contributed by atoms with van der Waals surface area (Å²) >= 11 is 0. The van der Waals surface area contributed by atoms with Crippen LogP contribution in [0.3, 0.4) is 0 Å². The van der Waals surface area contributed by atoms with Gasteiger partial charge in [0, 0.05) is 13.0 Å². The number of hydrogen-bond donors (Lipinski definition) is 2. The smallest absolute Gasteiger partial charge is 0.335 e. The number of nitrogens with zero attached hydrogens (tertiary/aromatic N) is 3. The van der Waals surface area contributed by atoms with Crippen LogP contribution in [0.2, 0.25) is 0 Å². The number of benzene rings is 2. The Labute approximate surface area is 169 Å². The van der Waals surface area contributed by atoms with E-state index in [0.717, 1.165) is 16.7 Å². The lowest BCUT2D eigenvalue weighted by Crippen LogP contribution is -2.10. The van der Waals surface area contributed by atoms with Crippen molar-refractivity contribution in [2.45, 2.75) is 19.9 Å². The van der Waals surface area contributed by atoms with Gasteiger partial charge in [-0.15, -0.1) is 0 Å². The monoisotopic (exact) mass is 390 g/mol. The highest BCUT2D eigenvalue weighted by Gasteiger charge is 2.09. The van der Waals surface area contributed by atoms with Gasteiger partial charge in [-0.25, -0.2) is 4.79 Å². The van der Waals surface area contributed by atoms with E-state index in [-0.39, 0.29) is 11.6 Å². The lowest BCUT2D eigenvalue weighted by Gasteiger charge is -2.10. The summed E-state index contributed by atoms with van der Waals surface area (Å²) in [7, 11) is 0. The summed E-state index contributed by atoms with van der Waals surface area (Å²) in [5, 5.41) is 12.2. The molecule has 1 aromatic heterocycles. The predicted molar refractivity (Wildman–Crippen MR) is 111 cm³/mol. The molecule has 0 aliphatic heterocycles. The molecule has 7 heteroatoms. The average Bonchev–Trinajstić information content (AvgIpc) is 2.73. The molecule has 0 amide bonds. The second-order valence-corrected chi connectivity index (χ2v) is 6.27. The zero-order valence-corrected chi connectivity index (χ0v) is 16.1. The van der Waals surface area contributed by atoms with E-state index in [4.69, 9.17) is 9.84 Å². The molecule has 0 atom stereocenters. The quantitative estimate of drug-likeness (QED) is 0.573. The number of nitrogens with one attached hydrogen (secondary N) is 1. The Kier molecular flexibility index (Phi) is 6.52. The zero-order chi connectivity index (χ0) is 20.6. The van der Waals surface area contributed by atoms with E-state index < -0.39 is 5.97 Å². The van der Waals surface area contributed by atoms with Gasteiger partial charge >= 0.3 is 12.0 Å². The fraction of sp³-hybridized carbons (Fsp3) is 0.182. The SMILES string of the molecule is C=Cc1ccc(CNc2nc(Cc3ccc(C(=O)O)cc3)nc(OCC)n2)cc1. The molecule has 0 spiro atoms. The predicted octanol–water partition coefficient (Wildman–Crippen LogP) is 3.81.